The Labute approximate surface area is 112 Å². The Kier molecular flexibility index (Phi) is 4.40. The number of carboxylic acid groups (broad SMARTS) is 1. The standard InChI is InChI=1S/C14H21NO2S/c1-3-11-5-4-6-15(8-11)9-12-7-13(14(16)17)18-10(12)2/h7,11H,3-6,8-9H2,1-2H3,(H,16,17). The minimum atomic E-state index is -0.806. The lowest BCUT2D eigenvalue weighted by Crippen LogP contribution is -2.34. The number of nitrogens with zero attached hydrogens (tertiary/aromatic N) is 1. The summed E-state index contributed by atoms with van der Waals surface area (Å²) >= 11 is 1.39. The summed E-state index contributed by atoms with van der Waals surface area (Å²) in [5.41, 5.74) is 1.19. The van der Waals surface area contributed by atoms with Crippen molar-refractivity contribution >= 4 is 17.3 Å². The van der Waals surface area contributed by atoms with E-state index in [1.165, 1.54) is 36.2 Å². The molecule has 0 aromatic carbocycles. The van der Waals surface area contributed by atoms with Gasteiger partial charge in [0.05, 0.1) is 0 Å². The SMILES string of the molecule is CCC1CCCN(Cc2cc(C(=O)O)sc2C)C1. The molecule has 3 nitrogen and oxygen atoms in total. The molecule has 100 valence electrons. The maximum absolute atomic E-state index is 11.0. The highest BCUT2D eigenvalue weighted by Crippen LogP contribution is 2.26. The van der Waals surface area contributed by atoms with E-state index in [9.17, 15) is 4.79 Å². The molecular weight excluding hydrogens is 246 g/mol. The minimum Gasteiger partial charge on any atom is -0.477 e. The molecule has 1 aromatic heterocycles. The molecule has 1 N–H and O–H groups in total. The lowest BCUT2D eigenvalue weighted by atomic mass is 9.95. The molecule has 1 aromatic rings. The molecular formula is C14H21NO2S. The average Bonchev–Trinajstić information content (AvgIpc) is 2.71. The van der Waals surface area contributed by atoms with Crippen LogP contribution in [-0.4, -0.2) is 29.1 Å². The van der Waals surface area contributed by atoms with Gasteiger partial charge in [0.1, 0.15) is 4.88 Å². The summed E-state index contributed by atoms with van der Waals surface area (Å²) in [6.07, 6.45) is 3.86. The van der Waals surface area contributed by atoms with E-state index >= 15 is 0 Å². The molecule has 1 aliphatic heterocycles. The van der Waals surface area contributed by atoms with Crippen molar-refractivity contribution in [3.05, 3.63) is 21.4 Å². The third kappa shape index (κ3) is 3.12. The number of thiophene rings is 1. The van der Waals surface area contributed by atoms with Gasteiger partial charge in [-0.05, 0) is 43.9 Å². The molecule has 1 saturated heterocycles. The highest BCUT2D eigenvalue weighted by atomic mass is 32.1. The molecule has 1 aliphatic rings. The second kappa shape index (κ2) is 5.85. The maximum atomic E-state index is 11.0. The number of carboxylic acids is 1. The fourth-order valence-corrected chi connectivity index (χ4v) is 3.52. The fraction of sp³-hybridized carbons (Fsp3) is 0.643. The van der Waals surface area contributed by atoms with Crippen LogP contribution >= 0.6 is 11.3 Å². The Bertz CT molecular complexity index is 427. The van der Waals surface area contributed by atoms with Gasteiger partial charge in [-0.15, -0.1) is 11.3 Å². The summed E-state index contributed by atoms with van der Waals surface area (Å²) in [5.74, 6) is 0.0102. The Hall–Kier alpha value is -0.870. The Morgan fingerprint density at radius 1 is 1.61 bits per heavy atom. The predicted molar refractivity (Wildman–Crippen MR) is 74.3 cm³/mol. The summed E-state index contributed by atoms with van der Waals surface area (Å²) < 4.78 is 0. The van der Waals surface area contributed by atoms with Gasteiger partial charge in [-0.25, -0.2) is 4.79 Å². The summed E-state index contributed by atoms with van der Waals surface area (Å²) in [4.78, 5) is 15.0. The first-order valence-corrected chi connectivity index (χ1v) is 7.46. The molecule has 1 atom stereocenters. The van der Waals surface area contributed by atoms with Gasteiger partial charge in [-0.2, -0.15) is 0 Å². The van der Waals surface area contributed by atoms with Crippen LogP contribution in [0.15, 0.2) is 6.07 Å². The van der Waals surface area contributed by atoms with E-state index in [1.54, 1.807) is 0 Å². The Balaban J connectivity index is 2.02. The molecule has 2 heterocycles. The normalized spacial score (nSPS) is 21.1. The fourth-order valence-electron chi connectivity index (χ4n) is 2.65. The quantitative estimate of drug-likeness (QED) is 0.909. The molecule has 4 heteroatoms. The third-order valence-corrected chi connectivity index (χ3v) is 4.89. The highest BCUT2D eigenvalue weighted by Gasteiger charge is 2.20. The van der Waals surface area contributed by atoms with E-state index in [0.717, 1.165) is 30.4 Å². The summed E-state index contributed by atoms with van der Waals surface area (Å²) in [5, 5.41) is 9.01. The summed E-state index contributed by atoms with van der Waals surface area (Å²) in [6.45, 7) is 7.49. The minimum absolute atomic E-state index is 0.464. The van der Waals surface area contributed by atoms with Gasteiger partial charge in [0.15, 0.2) is 0 Å². The first kappa shape index (κ1) is 13.6. The number of aromatic carboxylic acids is 1. The van der Waals surface area contributed by atoms with Crippen LogP contribution in [0.25, 0.3) is 0 Å². The number of hydrogen-bond acceptors (Lipinski definition) is 3. The lowest BCUT2D eigenvalue weighted by Gasteiger charge is -2.32. The molecule has 18 heavy (non-hydrogen) atoms. The Morgan fingerprint density at radius 2 is 2.39 bits per heavy atom. The van der Waals surface area contributed by atoms with Crippen molar-refractivity contribution in [2.75, 3.05) is 13.1 Å². The monoisotopic (exact) mass is 267 g/mol. The first-order chi connectivity index (χ1) is 8.60. The van der Waals surface area contributed by atoms with Crippen LogP contribution in [0.5, 0.6) is 0 Å². The lowest BCUT2D eigenvalue weighted by molar-refractivity contribution is 0.0702. The largest absolute Gasteiger partial charge is 0.477 e. The van der Waals surface area contributed by atoms with E-state index in [1.807, 2.05) is 13.0 Å². The second-order valence-corrected chi connectivity index (χ2v) is 6.41. The molecule has 0 saturated carbocycles. The van der Waals surface area contributed by atoms with E-state index in [0.29, 0.717) is 4.88 Å². The van der Waals surface area contributed by atoms with Crippen molar-refractivity contribution in [2.45, 2.75) is 39.7 Å². The predicted octanol–water partition coefficient (Wildman–Crippen LogP) is 3.38. The number of aryl methyl sites for hydroxylation is 1. The number of hydrogen-bond donors (Lipinski definition) is 1. The molecule has 0 radical (unpaired) electrons. The Morgan fingerprint density at radius 3 is 3.00 bits per heavy atom. The smallest absolute Gasteiger partial charge is 0.345 e. The van der Waals surface area contributed by atoms with Crippen molar-refractivity contribution in [1.29, 1.82) is 0 Å². The van der Waals surface area contributed by atoms with Crippen LogP contribution in [0.3, 0.4) is 0 Å². The van der Waals surface area contributed by atoms with Gasteiger partial charge >= 0.3 is 5.97 Å². The van der Waals surface area contributed by atoms with Gasteiger partial charge in [-0.3, -0.25) is 4.90 Å². The zero-order valence-electron chi connectivity index (χ0n) is 11.1. The van der Waals surface area contributed by atoms with Crippen molar-refractivity contribution in [3.63, 3.8) is 0 Å². The second-order valence-electron chi connectivity index (χ2n) is 5.15. The molecule has 0 amide bonds. The number of carbonyl (C=O) groups is 1. The first-order valence-electron chi connectivity index (χ1n) is 6.65. The van der Waals surface area contributed by atoms with Crippen LogP contribution in [0.4, 0.5) is 0 Å². The zero-order chi connectivity index (χ0) is 13.1. The average molecular weight is 267 g/mol. The van der Waals surface area contributed by atoms with Gasteiger partial charge in [-0.1, -0.05) is 13.3 Å². The van der Waals surface area contributed by atoms with Crippen LogP contribution < -0.4 is 0 Å². The van der Waals surface area contributed by atoms with Crippen molar-refractivity contribution in [1.82, 2.24) is 4.90 Å². The number of piperidine rings is 1. The van der Waals surface area contributed by atoms with Gasteiger partial charge in [0.2, 0.25) is 0 Å². The number of rotatable bonds is 4. The molecule has 1 fully saturated rings. The van der Waals surface area contributed by atoms with Crippen LogP contribution in [0.2, 0.25) is 0 Å². The van der Waals surface area contributed by atoms with Crippen molar-refractivity contribution < 1.29 is 9.90 Å². The molecule has 0 bridgehead atoms. The summed E-state index contributed by atoms with van der Waals surface area (Å²) in [6, 6.07) is 1.85. The topological polar surface area (TPSA) is 40.5 Å². The van der Waals surface area contributed by atoms with Crippen molar-refractivity contribution in [2.24, 2.45) is 5.92 Å². The third-order valence-electron chi connectivity index (χ3n) is 3.81. The molecule has 1 unspecified atom stereocenters. The highest BCUT2D eigenvalue weighted by molar-refractivity contribution is 7.14. The molecule has 2 rings (SSSR count). The maximum Gasteiger partial charge on any atom is 0.345 e. The van der Waals surface area contributed by atoms with Crippen molar-refractivity contribution in [3.8, 4) is 0 Å². The van der Waals surface area contributed by atoms with E-state index in [-0.39, 0.29) is 0 Å². The van der Waals surface area contributed by atoms with Gasteiger partial charge in [0.25, 0.3) is 0 Å². The van der Waals surface area contributed by atoms with Gasteiger partial charge < -0.3 is 5.11 Å². The summed E-state index contributed by atoms with van der Waals surface area (Å²) in [7, 11) is 0. The van der Waals surface area contributed by atoms with Crippen LogP contribution in [0.1, 0.15) is 46.3 Å². The molecule has 0 aliphatic carbocycles. The zero-order valence-corrected chi connectivity index (χ0v) is 11.9. The van der Waals surface area contributed by atoms with Crippen LogP contribution in [0, 0.1) is 12.8 Å². The van der Waals surface area contributed by atoms with E-state index in [2.05, 4.69) is 11.8 Å². The molecule has 0 spiro atoms. The van der Waals surface area contributed by atoms with Gasteiger partial charge in [0, 0.05) is 18.0 Å². The number of likely N-dealkylation sites (tertiary alicyclic amines) is 1. The van der Waals surface area contributed by atoms with E-state index in [4.69, 9.17) is 5.11 Å². The van der Waals surface area contributed by atoms with Crippen LogP contribution in [-0.2, 0) is 6.54 Å². The van der Waals surface area contributed by atoms with E-state index < -0.39 is 5.97 Å².